The number of aromatic nitrogens is 2. The molecule has 0 radical (unpaired) electrons. The number of hydrazone groups is 1. The maximum atomic E-state index is 12.4. The van der Waals surface area contributed by atoms with Crippen LogP contribution in [0.3, 0.4) is 0 Å². The normalized spacial score (nSPS) is 11.0. The van der Waals surface area contributed by atoms with Gasteiger partial charge < -0.3 is 9.84 Å². The predicted molar refractivity (Wildman–Crippen MR) is 116 cm³/mol. The number of aromatic amines is 1. The zero-order valence-electron chi connectivity index (χ0n) is 15.8. The third kappa shape index (κ3) is 4.24. The molecule has 1 aromatic heterocycles. The Kier molecular flexibility index (Phi) is 6.18. The van der Waals surface area contributed by atoms with E-state index in [1.54, 1.807) is 30.3 Å². The lowest BCUT2D eigenvalue weighted by molar-refractivity contribution is 0.416. The molecule has 0 atom stereocenters. The highest BCUT2D eigenvalue weighted by molar-refractivity contribution is 9.10. The van der Waals surface area contributed by atoms with Crippen LogP contribution >= 0.6 is 15.9 Å². The van der Waals surface area contributed by atoms with Crippen molar-refractivity contribution in [1.82, 2.24) is 9.55 Å². The molecule has 2 aromatic carbocycles. The van der Waals surface area contributed by atoms with Gasteiger partial charge in [0.15, 0.2) is 0 Å². The van der Waals surface area contributed by atoms with Gasteiger partial charge in [-0.05, 0) is 42.3 Å². The molecule has 1 heterocycles. The van der Waals surface area contributed by atoms with Crippen molar-refractivity contribution in [3.05, 3.63) is 78.9 Å². The summed E-state index contributed by atoms with van der Waals surface area (Å²) in [4.78, 5) is 26.9. The Balaban J connectivity index is 2.05. The van der Waals surface area contributed by atoms with E-state index >= 15 is 0 Å². The molecule has 3 N–H and O–H groups in total. The van der Waals surface area contributed by atoms with Crippen LogP contribution in [0.2, 0.25) is 0 Å². The van der Waals surface area contributed by atoms with Crippen LogP contribution < -0.4 is 21.4 Å². The molecule has 0 aliphatic heterocycles. The van der Waals surface area contributed by atoms with Crippen molar-refractivity contribution in [3.8, 4) is 17.3 Å². The second kappa shape index (κ2) is 8.78. The van der Waals surface area contributed by atoms with Gasteiger partial charge in [-0.3, -0.25) is 15.2 Å². The lowest BCUT2D eigenvalue weighted by Gasteiger charge is -2.13. The summed E-state index contributed by atoms with van der Waals surface area (Å²) in [7, 11) is 1.53. The number of anilines is 1. The fourth-order valence-corrected chi connectivity index (χ4v) is 3.25. The Hall–Kier alpha value is -3.33. The lowest BCUT2D eigenvalue weighted by atomic mass is 10.1. The monoisotopic (exact) mass is 458 g/mol. The minimum Gasteiger partial charge on any atom is -0.495 e. The van der Waals surface area contributed by atoms with E-state index < -0.39 is 17.1 Å². The molecule has 3 aromatic rings. The van der Waals surface area contributed by atoms with Crippen molar-refractivity contribution in [2.75, 3.05) is 12.5 Å². The van der Waals surface area contributed by atoms with Crippen LogP contribution in [0.5, 0.6) is 11.6 Å². The molecule has 0 amide bonds. The molecule has 0 bridgehead atoms. The first-order chi connectivity index (χ1) is 14.0. The Morgan fingerprint density at radius 1 is 1.28 bits per heavy atom. The number of nitrogens with one attached hydrogen (secondary N) is 2. The topological polar surface area (TPSA) is 109 Å². The fraction of sp³-hybridized carbons (Fsp3) is 0.150. The summed E-state index contributed by atoms with van der Waals surface area (Å²) in [5.74, 6) is 0.0663. The Morgan fingerprint density at radius 2 is 2.03 bits per heavy atom. The summed E-state index contributed by atoms with van der Waals surface area (Å²) in [5.41, 5.74) is 2.99. The number of ether oxygens (including phenoxy) is 1. The number of para-hydroxylation sites is 2. The van der Waals surface area contributed by atoms with Crippen molar-refractivity contribution < 1.29 is 9.84 Å². The summed E-state index contributed by atoms with van der Waals surface area (Å²) in [6, 6.07) is 12.4. The number of aromatic hydroxyl groups is 1. The number of aryl methyl sites for hydroxylation is 1. The summed E-state index contributed by atoms with van der Waals surface area (Å²) >= 11 is 3.39. The van der Waals surface area contributed by atoms with Gasteiger partial charge >= 0.3 is 5.69 Å². The van der Waals surface area contributed by atoms with Crippen molar-refractivity contribution >= 4 is 27.8 Å². The van der Waals surface area contributed by atoms with Crippen molar-refractivity contribution in [2.45, 2.75) is 13.3 Å². The van der Waals surface area contributed by atoms with Crippen molar-refractivity contribution in [1.29, 1.82) is 0 Å². The van der Waals surface area contributed by atoms with Crippen LogP contribution in [0.4, 0.5) is 5.69 Å². The highest BCUT2D eigenvalue weighted by Gasteiger charge is 2.16. The quantitative estimate of drug-likeness (QED) is 0.388. The maximum absolute atomic E-state index is 12.4. The number of halogens is 1. The standard InChI is InChI=1S/C20H19BrN4O4/c1-3-12-10-13(21)8-9-16(12)25-19(27)14(18(26)23-20(25)28)11-22-24-15-6-4-5-7-17(15)29-2/h4-11,24,27H,3H2,1-2H3,(H,23,26,28). The SMILES string of the molecule is CCc1cc(Br)ccc1-n1c(O)c(C=NNc2ccccc2OC)c(=O)[nH]c1=O. The third-order valence-corrected chi connectivity index (χ3v) is 4.76. The summed E-state index contributed by atoms with van der Waals surface area (Å²) in [6.07, 6.45) is 1.78. The first kappa shape index (κ1) is 20.4. The Labute approximate surface area is 174 Å². The van der Waals surface area contributed by atoms with E-state index in [2.05, 4.69) is 31.4 Å². The summed E-state index contributed by atoms with van der Waals surface area (Å²) < 4.78 is 7.12. The smallest absolute Gasteiger partial charge is 0.335 e. The van der Waals surface area contributed by atoms with Gasteiger partial charge in [-0.1, -0.05) is 35.0 Å². The van der Waals surface area contributed by atoms with E-state index in [1.807, 2.05) is 19.1 Å². The van der Waals surface area contributed by atoms with E-state index in [1.165, 1.54) is 7.11 Å². The molecule has 0 saturated heterocycles. The highest BCUT2D eigenvalue weighted by atomic mass is 79.9. The van der Waals surface area contributed by atoms with Crippen LogP contribution in [0.15, 0.2) is 61.6 Å². The number of nitrogens with zero attached hydrogens (tertiary/aromatic N) is 2. The average Bonchev–Trinajstić information content (AvgIpc) is 2.71. The Bertz CT molecular complexity index is 1180. The summed E-state index contributed by atoms with van der Waals surface area (Å²) in [6.45, 7) is 1.93. The van der Waals surface area contributed by atoms with E-state index in [-0.39, 0.29) is 5.56 Å². The van der Waals surface area contributed by atoms with E-state index in [0.717, 1.165) is 20.8 Å². The molecule has 0 aliphatic rings. The first-order valence-corrected chi connectivity index (χ1v) is 9.54. The molecular weight excluding hydrogens is 440 g/mol. The lowest BCUT2D eigenvalue weighted by Crippen LogP contribution is -2.31. The molecule has 150 valence electrons. The number of methoxy groups -OCH3 is 1. The molecular formula is C20H19BrN4O4. The molecule has 0 spiro atoms. The number of hydrogen-bond donors (Lipinski definition) is 3. The van der Waals surface area contributed by atoms with Crippen LogP contribution in [0.25, 0.3) is 5.69 Å². The molecule has 0 unspecified atom stereocenters. The van der Waals surface area contributed by atoms with Gasteiger partial charge in [-0.2, -0.15) is 5.10 Å². The predicted octanol–water partition coefficient (Wildman–Crippen LogP) is 3.01. The van der Waals surface area contributed by atoms with Crippen LogP contribution in [-0.2, 0) is 6.42 Å². The second-order valence-corrected chi connectivity index (χ2v) is 6.94. The Morgan fingerprint density at radius 3 is 2.76 bits per heavy atom. The minimum absolute atomic E-state index is 0.156. The van der Waals surface area contributed by atoms with Crippen molar-refractivity contribution in [2.24, 2.45) is 5.10 Å². The van der Waals surface area contributed by atoms with Gasteiger partial charge in [-0.15, -0.1) is 0 Å². The van der Waals surface area contributed by atoms with E-state index in [0.29, 0.717) is 23.5 Å². The molecule has 0 aliphatic carbocycles. The zero-order valence-corrected chi connectivity index (χ0v) is 17.4. The minimum atomic E-state index is -0.746. The van der Waals surface area contributed by atoms with Gasteiger partial charge in [0.1, 0.15) is 11.3 Å². The molecule has 3 rings (SSSR count). The van der Waals surface area contributed by atoms with Gasteiger partial charge in [0.2, 0.25) is 5.88 Å². The molecule has 0 fully saturated rings. The highest BCUT2D eigenvalue weighted by Crippen LogP contribution is 2.24. The zero-order chi connectivity index (χ0) is 21.0. The molecule has 0 saturated carbocycles. The molecule has 8 nitrogen and oxygen atoms in total. The molecule has 9 heteroatoms. The largest absolute Gasteiger partial charge is 0.495 e. The van der Waals surface area contributed by atoms with Crippen LogP contribution in [-0.4, -0.2) is 28.0 Å². The second-order valence-electron chi connectivity index (χ2n) is 6.03. The third-order valence-electron chi connectivity index (χ3n) is 4.27. The van der Waals surface area contributed by atoms with E-state index in [9.17, 15) is 14.7 Å². The number of H-pyrrole nitrogens is 1. The van der Waals surface area contributed by atoms with Crippen LogP contribution in [0, 0.1) is 0 Å². The average molecular weight is 459 g/mol. The maximum Gasteiger partial charge on any atom is 0.335 e. The fourth-order valence-electron chi connectivity index (χ4n) is 2.84. The number of rotatable bonds is 6. The van der Waals surface area contributed by atoms with Gasteiger partial charge in [0, 0.05) is 4.47 Å². The summed E-state index contributed by atoms with van der Waals surface area (Å²) in [5, 5.41) is 14.7. The first-order valence-electron chi connectivity index (χ1n) is 8.75. The molecule has 29 heavy (non-hydrogen) atoms. The van der Waals surface area contributed by atoms with Crippen molar-refractivity contribution in [3.63, 3.8) is 0 Å². The van der Waals surface area contributed by atoms with Gasteiger partial charge in [-0.25, -0.2) is 9.36 Å². The van der Waals surface area contributed by atoms with Crippen LogP contribution in [0.1, 0.15) is 18.1 Å². The number of hydrogen-bond acceptors (Lipinski definition) is 6. The number of benzene rings is 2. The van der Waals surface area contributed by atoms with E-state index in [4.69, 9.17) is 4.74 Å². The van der Waals surface area contributed by atoms with Gasteiger partial charge in [0.25, 0.3) is 5.56 Å². The van der Waals surface area contributed by atoms with Gasteiger partial charge in [0.05, 0.1) is 24.7 Å².